The van der Waals surface area contributed by atoms with E-state index in [-0.39, 0.29) is 31.5 Å². The van der Waals surface area contributed by atoms with E-state index in [1.807, 2.05) is 43.3 Å². The van der Waals surface area contributed by atoms with Gasteiger partial charge < -0.3 is 20.3 Å². The predicted molar refractivity (Wildman–Crippen MR) is 114 cm³/mol. The summed E-state index contributed by atoms with van der Waals surface area (Å²) in [7, 11) is 0. The molecule has 1 unspecified atom stereocenters. The highest BCUT2D eigenvalue weighted by molar-refractivity contribution is 6.31. The molecule has 4 rings (SSSR count). The zero-order valence-corrected chi connectivity index (χ0v) is 17.2. The van der Waals surface area contributed by atoms with Gasteiger partial charge in [0.1, 0.15) is 18.9 Å². The molecule has 0 saturated carbocycles. The minimum absolute atomic E-state index is 0.0135. The van der Waals surface area contributed by atoms with Crippen molar-refractivity contribution in [1.29, 1.82) is 0 Å². The smallest absolute Gasteiger partial charge is 0.246 e. The predicted octanol–water partition coefficient (Wildman–Crippen LogP) is 3.74. The van der Waals surface area contributed by atoms with Crippen LogP contribution in [0, 0.1) is 0 Å². The summed E-state index contributed by atoms with van der Waals surface area (Å²) in [6.07, 6.45) is 1.85. The fraction of sp³-hybridized carbons (Fsp3) is 0.238. The van der Waals surface area contributed by atoms with Gasteiger partial charge in [0.2, 0.25) is 11.8 Å². The van der Waals surface area contributed by atoms with Crippen molar-refractivity contribution in [2.45, 2.75) is 18.5 Å². The molecule has 2 aliphatic rings. The van der Waals surface area contributed by atoms with Gasteiger partial charge in [-0.3, -0.25) is 9.59 Å². The summed E-state index contributed by atoms with van der Waals surface area (Å²) in [4.78, 5) is 24.6. The highest BCUT2D eigenvalue weighted by Gasteiger charge is 2.33. The minimum atomic E-state index is -0.934. The number of benzene rings is 2. The van der Waals surface area contributed by atoms with E-state index in [1.165, 1.54) is 4.90 Å². The average molecular weight is 432 g/mol. The lowest BCUT2D eigenvalue weighted by Crippen LogP contribution is -2.52. The van der Waals surface area contributed by atoms with Crippen molar-refractivity contribution in [2.24, 2.45) is 0 Å². The van der Waals surface area contributed by atoms with Gasteiger partial charge in [0.05, 0.1) is 12.2 Å². The van der Waals surface area contributed by atoms with Crippen LogP contribution in [0.1, 0.15) is 18.1 Å². The molecular formula is C21H19Cl2N3O3. The molecule has 0 radical (unpaired) electrons. The van der Waals surface area contributed by atoms with Crippen LogP contribution < -0.4 is 15.5 Å². The molecule has 0 bridgehead atoms. The first-order chi connectivity index (χ1) is 13.8. The molecule has 150 valence electrons. The van der Waals surface area contributed by atoms with Gasteiger partial charge >= 0.3 is 0 Å². The van der Waals surface area contributed by atoms with Gasteiger partial charge in [-0.1, -0.05) is 41.4 Å². The number of nitrogens with one attached hydrogen (secondary N) is 2. The van der Waals surface area contributed by atoms with Crippen molar-refractivity contribution in [2.75, 3.05) is 23.3 Å². The number of para-hydroxylation sites is 1. The molecule has 1 atom stereocenters. The first kappa shape index (κ1) is 19.6. The van der Waals surface area contributed by atoms with Crippen molar-refractivity contribution < 1.29 is 14.3 Å². The highest BCUT2D eigenvalue weighted by atomic mass is 35.5. The first-order valence-electron chi connectivity index (χ1n) is 9.10. The summed E-state index contributed by atoms with van der Waals surface area (Å²) < 4.78 is 6.06. The quantitative estimate of drug-likeness (QED) is 0.571. The fourth-order valence-electron chi connectivity index (χ4n) is 3.36. The van der Waals surface area contributed by atoms with Gasteiger partial charge in [0.15, 0.2) is 5.00 Å². The average Bonchev–Trinajstić information content (AvgIpc) is 2.68. The molecule has 29 heavy (non-hydrogen) atoms. The van der Waals surface area contributed by atoms with E-state index in [0.717, 1.165) is 16.8 Å². The molecule has 2 aromatic carbocycles. The normalized spacial score (nSPS) is 21.1. The summed E-state index contributed by atoms with van der Waals surface area (Å²) in [5, 5.41) is 6.41. The van der Waals surface area contributed by atoms with E-state index in [9.17, 15) is 9.59 Å². The number of carbonyl (C=O) groups excluding carboxylic acids is 2. The van der Waals surface area contributed by atoms with E-state index in [4.69, 9.17) is 27.9 Å². The maximum Gasteiger partial charge on any atom is 0.246 e. The largest absolute Gasteiger partial charge is 0.489 e. The van der Waals surface area contributed by atoms with Gasteiger partial charge in [-0.2, -0.15) is 0 Å². The standard InChI is InChI=1S/C21H19Cl2N3O3/c1-21(23)18(9-14-8-15(22)6-7-16(14)25-21)29-12-13-4-2-3-5-17(13)26-11-19(27)24-10-20(26)28/h2-9,25H,10-12H2,1H3,(H,24,27). The second-order valence-corrected chi connectivity index (χ2v) is 8.23. The molecule has 2 aliphatic heterocycles. The number of ether oxygens (including phenoxy) is 1. The lowest BCUT2D eigenvalue weighted by Gasteiger charge is -2.33. The van der Waals surface area contributed by atoms with Crippen LogP contribution in [-0.2, 0) is 20.9 Å². The number of rotatable bonds is 4. The second-order valence-electron chi connectivity index (χ2n) is 7.04. The Morgan fingerprint density at radius 3 is 2.83 bits per heavy atom. The van der Waals surface area contributed by atoms with Gasteiger partial charge in [-0.05, 0) is 37.3 Å². The van der Waals surface area contributed by atoms with Crippen LogP contribution in [0.15, 0.2) is 48.2 Å². The number of nitrogens with zero attached hydrogens (tertiary/aromatic N) is 1. The summed E-state index contributed by atoms with van der Waals surface area (Å²) >= 11 is 12.7. The molecular weight excluding hydrogens is 413 g/mol. The van der Waals surface area contributed by atoms with Crippen molar-refractivity contribution in [3.05, 3.63) is 64.4 Å². The molecule has 6 nitrogen and oxygen atoms in total. The number of carbonyl (C=O) groups is 2. The Morgan fingerprint density at radius 1 is 1.21 bits per heavy atom. The van der Waals surface area contributed by atoms with E-state index in [0.29, 0.717) is 16.5 Å². The number of amides is 2. The molecule has 2 N–H and O–H groups in total. The Balaban J connectivity index is 1.59. The van der Waals surface area contributed by atoms with E-state index in [1.54, 1.807) is 12.1 Å². The van der Waals surface area contributed by atoms with Crippen molar-refractivity contribution in [3.63, 3.8) is 0 Å². The van der Waals surface area contributed by atoms with Gasteiger partial charge in [-0.25, -0.2) is 0 Å². The summed E-state index contributed by atoms with van der Waals surface area (Å²) in [5.74, 6) is 0.175. The molecule has 0 aliphatic carbocycles. The van der Waals surface area contributed by atoms with Crippen molar-refractivity contribution in [1.82, 2.24) is 5.32 Å². The molecule has 1 fully saturated rings. The molecule has 2 heterocycles. The Kier molecular flexibility index (Phi) is 5.15. The number of hydrogen-bond donors (Lipinski definition) is 2. The molecule has 8 heteroatoms. The first-order valence-corrected chi connectivity index (χ1v) is 9.86. The number of hydrogen-bond acceptors (Lipinski definition) is 4. The van der Waals surface area contributed by atoms with Crippen LogP contribution in [0.25, 0.3) is 6.08 Å². The van der Waals surface area contributed by atoms with Crippen molar-refractivity contribution >= 4 is 52.5 Å². The molecule has 2 amide bonds. The minimum Gasteiger partial charge on any atom is -0.489 e. The van der Waals surface area contributed by atoms with Gasteiger partial charge in [0, 0.05) is 21.8 Å². The Hall–Kier alpha value is -2.70. The van der Waals surface area contributed by atoms with Gasteiger partial charge in [0.25, 0.3) is 0 Å². The third-order valence-corrected chi connectivity index (χ3v) is 5.35. The third kappa shape index (κ3) is 4.04. The van der Waals surface area contributed by atoms with Crippen LogP contribution in [-0.4, -0.2) is 29.9 Å². The monoisotopic (exact) mass is 431 g/mol. The third-order valence-electron chi connectivity index (χ3n) is 4.84. The van der Waals surface area contributed by atoms with Crippen LogP contribution in [0.4, 0.5) is 11.4 Å². The number of anilines is 2. The van der Waals surface area contributed by atoms with E-state index < -0.39 is 5.00 Å². The summed E-state index contributed by atoms with van der Waals surface area (Å²) in [5.41, 5.74) is 3.17. The number of piperazine rings is 1. The van der Waals surface area contributed by atoms with Crippen molar-refractivity contribution in [3.8, 4) is 0 Å². The molecule has 0 aromatic heterocycles. The van der Waals surface area contributed by atoms with Crippen LogP contribution in [0.5, 0.6) is 0 Å². The second kappa shape index (κ2) is 7.61. The molecule has 2 aromatic rings. The Morgan fingerprint density at radius 2 is 2.00 bits per heavy atom. The summed E-state index contributed by atoms with van der Waals surface area (Å²) in [6, 6.07) is 12.8. The van der Waals surface area contributed by atoms with Crippen LogP contribution in [0.2, 0.25) is 5.02 Å². The zero-order valence-electron chi connectivity index (χ0n) is 15.7. The molecule has 1 saturated heterocycles. The number of alkyl halides is 1. The highest BCUT2D eigenvalue weighted by Crippen LogP contribution is 2.38. The Labute approximate surface area is 178 Å². The van der Waals surface area contributed by atoms with Gasteiger partial charge in [-0.15, -0.1) is 0 Å². The lowest BCUT2D eigenvalue weighted by molar-refractivity contribution is -0.128. The number of halogens is 2. The zero-order chi connectivity index (χ0) is 20.6. The summed E-state index contributed by atoms with van der Waals surface area (Å²) in [6.45, 7) is 1.97. The van der Waals surface area contributed by atoms with Crippen LogP contribution in [0.3, 0.4) is 0 Å². The van der Waals surface area contributed by atoms with E-state index in [2.05, 4.69) is 10.6 Å². The SMILES string of the molecule is CC1(Cl)Nc2ccc(Cl)cc2C=C1OCc1ccccc1N1CC(=O)NCC1=O. The van der Waals surface area contributed by atoms with E-state index >= 15 is 0 Å². The lowest BCUT2D eigenvalue weighted by atomic mass is 10.0. The topological polar surface area (TPSA) is 70.7 Å². The maximum atomic E-state index is 12.3. The van der Waals surface area contributed by atoms with Crippen LogP contribution >= 0.6 is 23.2 Å². The fourth-order valence-corrected chi connectivity index (χ4v) is 3.76. The number of fused-ring (bicyclic) bond motifs is 1. The maximum absolute atomic E-state index is 12.3. The molecule has 0 spiro atoms. The Bertz CT molecular complexity index is 1020.